The van der Waals surface area contributed by atoms with Crippen molar-refractivity contribution in [1.29, 1.82) is 0 Å². The minimum atomic E-state index is -0.284. The highest BCUT2D eigenvalue weighted by atomic mass is 19.1. The Hall–Kier alpha value is -1.38. The summed E-state index contributed by atoms with van der Waals surface area (Å²) in [5, 5.41) is 0. The largest absolute Gasteiger partial charge is 0.497 e. The number of carbonyl (C=O) groups excluding carboxylic acids is 1. The van der Waals surface area contributed by atoms with Gasteiger partial charge in [0.1, 0.15) is 17.3 Å². The maximum atomic E-state index is 13.7. The molecule has 0 aromatic heterocycles. The van der Waals surface area contributed by atoms with E-state index in [4.69, 9.17) is 4.74 Å². The Bertz CT molecular complexity index is 423. The van der Waals surface area contributed by atoms with Crippen LogP contribution in [0.4, 0.5) is 4.39 Å². The fourth-order valence-electron chi connectivity index (χ4n) is 2.57. The summed E-state index contributed by atoms with van der Waals surface area (Å²) in [7, 11) is 1.51. The van der Waals surface area contributed by atoms with Gasteiger partial charge in [-0.15, -0.1) is 0 Å². The van der Waals surface area contributed by atoms with Gasteiger partial charge in [0.05, 0.1) is 7.11 Å². The standard InChI is InChI=1S/C15H19FO2/c1-18-13-8-6-11(14(16)10-13)7-9-15(17)12-4-2-3-5-12/h6,8,10,12H,2-5,7,9H2,1H3. The summed E-state index contributed by atoms with van der Waals surface area (Å²) in [5.41, 5.74) is 0.599. The highest BCUT2D eigenvalue weighted by Gasteiger charge is 2.22. The second-order valence-electron chi connectivity index (χ2n) is 4.91. The number of ether oxygens (including phenoxy) is 1. The van der Waals surface area contributed by atoms with Crippen molar-refractivity contribution in [3.63, 3.8) is 0 Å². The minimum absolute atomic E-state index is 0.228. The van der Waals surface area contributed by atoms with Gasteiger partial charge < -0.3 is 4.74 Å². The van der Waals surface area contributed by atoms with Crippen LogP contribution < -0.4 is 4.74 Å². The molecular formula is C15H19FO2. The summed E-state index contributed by atoms with van der Waals surface area (Å²) >= 11 is 0. The van der Waals surface area contributed by atoms with Gasteiger partial charge in [0.25, 0.3) is 0 Å². The van der Waals surface area contributed by atoms with E-state index >= 15 is 0 Å². The average molecular weight is 250 g/mol. The fourth-order valence-corrected chi connectivity index (χ4v) is 2.57. The number of halogens is 1. The molecule has 0 bridgehead atoms. The maximum absolute atomic E-state index is 13.7. The molecule has 0 heterocycles. The first-order valence-electron chi connectivity index (χ1n) is 6.56. The molecule has 0 amide bonds. The van der Waals surface area contributed by atoms with Gasteiger partial charge in [0.15, 0.2) is 0 Å². The topological polar surface area (TPSA) is 26.3 Å². The Labute approximate surface area is 107 Å². The Morgan fingerprint density at radius 3 is 2.72 bits per heavy atom. The summed E-state index contributed by atoms with van der Waals surface area (Å²) < 4.78 is 18.6. The minimum Gasteiger partial charge on any atom is -0.497 e. The van der Waals surface area contributed by atoms with Gasteiger partial charge in [-0.3, -0.25) is 4.79 Å². The Morgan fingerprint density at radius 2 is 2.11 bits per heavy atom. The summed E-state index contributed by atoms with van der Waals surface area (Å²) in [6.45, 7) is 0. The first-order valence-corrected chi connectivity index (χ1v) is 6.56. The van der Waals surface area contributed by atoms with Crippen molar-refractivity contribution in [1.82, 2.24) is 0 Å². The van der Waals surface area contributed by atoms with E-state index in [9.17, 15) is 9.18 Å². The third kappa shape index (κ3) is 3.09. The lowest BCUT2D eigenvalue weighted by Crippen LogP contribution is -2.11. The number of ketones is 1. The van der Waals surface area contributed by atoms with Gasteiger partial charge in [-0.05, 0) is 30.9 Å². The summed E-state index contributed by atoms with van der Waals surface area (Å²) in [5.74, 6) is 0.751. The normalized spacial score (nSPS) is 15.9. The molecule has 1 aromatic carbocycles. The molecule has 3 heteroatoms. The van der Waals surface area contributed by atoms with E-state index in [0.717, 1.165) is 25.7 Å². The van der Waals surface area contributed by atoms with Crippen molar-refractivity contribution in [2.45, 2.75) is 38.5 Å². The molecule has 0 saturated heterocycles. The molecule has 0 atom stereocenters. The number of hydrogen-bond donors (Lipinski definition) is 0. The van der Waals surface area contributed by atoms with Crippen LogP contribution in [0.25, 0.3) is 0 Å². The van der Waals surface area contributed by atoms with Crippen LogP contribution in [0.5, 0.6) is 5.75 Å². The van der Waals surface area contributed by atoms with Crippen LogP contribution in [-0.2, 0) is 11.2 Å². The van der Waals surface area contributed by atoms with Crippen molar-refractivity contribution in [3.05, 3.63) is 29.6 Å². The monoisotopic (exact) mass is 250 g/mol. The molecule has 0 unspecified atom stereocenters. The second kappa shape index (κ2) is 5.98. The van der Waals surface area contributed by atoms with Crippen LogP contribution in [0.15, 0.2) is 18.2 Å². The van der Waals surface area contributed by atoms with E-state index < -0.39 is 0 Å². The number of hydrogen-bond acceptors (Lipinski definition) is 2. The van der Waals surface area contributed by atoms with E-state index in [1.165, 1.54) is 13.2 Å². The van der Waals surface area contributed by atoms with Crippen LogP contribution in [0.2, 0.25) is 0 Å². The van der Waals surface area contributed by atoms with Crippen LogP contribution in [0.3, 0.4) is 0 Å². The molecule has 1 aliphatic carbocycles. The van der Waals surface area contributed by atoms with E-state index in [0.29, 0.717) is 29.9 Å². The quantitative estimate of drug-likeness (QED) is 0.799. The zero-order chi connectivity index (χ0) is 13.0. The van der Waals surface area contributed by atoms with Gasteiger partial charge in [0.2, 0.25) is 0 Å². The lowest BCUT2D eigenvalue weighted by Gasteiger charge is -2.08. The second-order valence-corrected chi connectivity index (χ2v) is 4.91. The smallest absolute Gasteiger partial charge is 0.136 e. The molecule has 1 saturated carbocycles. The molecule has 2 rings (SSSR count). The Balaban J connectivity index is 1.91. The van der Waals surface area contributed by atoms with Crippen molar-refractivity contribution in [2.75, 3.05) is 7.11 Å². The van der Waals surface area contributed by atoms with E-state index in [2.05, 4.69) is 0 Å². The lowest BCUT2D eigenvalue weighted by molar-refractivity contribution is -0.122. The first-order chi connectivity index (χ1) is 8.70. The van der Waals surface area contributed by atoms with Gasteiger partial charge in [0, 0.05) is 18.4 Å². The van der Waals surface area contributed by atoms with Crippen LogP contribution in [-0.4, -0.2) is 12.9 Å². The lowest BCUT2D eigenvalue weighted by atomic mass is 9.96. The van der Waals surface area contributed by atoms with Crippen molar-refractivity contribution < 1.29 is 13.9 Å². The number of rotatable bonds is 5. The van der Waals surface area contributed by atoms with Crippen molar-refractivity contribution >= 4 is 5.78 Å². The molecule has 0 aliphatic heterocycles. The average Bonchev–Trinajstić information content (AvgIpc) is 2.90. The molecule has 1 aliphatic rings. The third-order valence-electron chi connectivity index (χ3n) is 3.71. The number of aryl methyl sites for hydroxylation is 1. The molecule has 0 radical (unpaired) electrons. The third-order valence-corrected chi connectivity index (χ3v) is 3.71. The Kier molecular flexibility index (Phi) is 4.34. The van der Waals surface area contributed by atoms with E-state index in [-0.39, 0.29) is 11.7 Å². The highest BCUT2D eigenvalue weighted by molar-refractivity contribution is 5.81. The van der Waals surface area contributed by atoms with Crippen LogP contribution in [0, 0.1) is 11.7 Å². The zero-order valence-electron chi connectivity index (χ0n) is 10.7. The summed E-state index contributed by atoms with van der Waals surface area (Å²) in [6.07, 6.45) is 5.30. The molecule has 98 valence electrons. The molecule has 1 aromatic rings. The number of carbonyl (C=O) groups is 1. The molecule has 1 fully saturated rings. The predicted molar refractivity (Wildman–Crippen MR) is 68.2 cm³/mol. The van der Waals surface area contributed by atoms with Gasteiger partial charge in [-0.2, -0.15) is 0 Å². The molecular weight excluding hydrogens is 231 g/mol. The molecule has 0 N–H and O–H groups in total. The van der Waals surface area contributed by atoms with Gasteiger partial charge in [-0.25, -0.2) is 4.39 Å². The van der Waals surface area contributed by atoms with Gasteiger partial charge in [-0.1, -0.05) is 18.9 Å². The predicted octanol–water partition coefficient (Wildman–Crippen LogP) is 3.53. The first kappa shape index (κ1) is 13.1. The number of Topliss-reactive ketones (excluding diaryl/α,β-unsaturated/α-hetero) is 1. The fraction of sp³-hybridized carbons (Fsp3) is 0.533. The van der Waals surface area contributed by atoms with E-state index in [1.54, 1.807) is 12.1 Å². The van der Waals surface area contributed by atoms with E-state index in [1.807, 2.05) is 0 Å². The maximum Gasteiger partial charge on any atom is 0.136 e. The molecule has 2 nitrogen and oxygen atoms in total. The van der Waals surface area contributed by atoms with Gasteiger partial charge >= 0.3 is 0 Å². The molecule has 18 heavy (non-hydrogen) atoms. The number of benzene rings is 1. The SMILES string of the molecule is COc1ccc(CCC(=O)C2CCCC2)c(F)c1. The van der Waals surface area contributed by atoms with Crippen LogP contribution in [0.1, 0.15) is 37.7 Å². The van der Waals surface area contributed by atoms with Crippen molar-refractivity contribution in [2.24, 2.45) is 5.92 Å². The number of methoxy groups -OCH3 is 1. The zero-order valence-corrected chi connectivity index (χ0v) is 10.7. The Morgan fingerprint density at radius 1 is 1.39 bits per heavy atom. The highest BCUT2D eigenvalue weighted by Crippen LogP contribution is 2.27. The van der Waals surface area contributed by atoms with Crippen molar-refractivity contribution in [3.8, 4) is 5.75 Å². The summed E-state index contributed by atoms with van der Waals surface area (Å²) in [6, 6.07) is 4.81. The summed E-state index contributed by atoms with van der Waals surface area (Å²) in [4.78, 5) is 11.9. The molecule has 0 spiro atoms. The van der Waals surface area contributed by atoms with Crippen LogP contribution >= 0.6 is 0 Å².